The van der Waals surface area contributed by atoms with Crippen LogP contribution in [0.5, 0.6) is 0 Å². The largest absolute Gasteiger partial charge is 0.264 e. The Morgan fingerprint density at radius 3 is 2.91 bits per heavy atom. The van der Waals surface area contributed by atoms with Gasteiger partial charge in [-0.1, -0.05) is 18.2 Å². The van der Waals surface area contributed by atoms with Crippen molar-refractivity contribution in [3.05, 3.63) is 49.1 Å². The Labute approximate surface area is 65.7 Å². The first-order valence-electron chi connectivity index (χ1n) is 3.52. The summed E-state index contributed by atoms with van der Waals surface area (Å²) in [6.45, 7) is 3.92. The van der Waals surface area contributed by atoms with Crippen LogP contribution in [0.1, 0.15) is 5.56 Å². The lowest BCUT2D eigenvalue weighted by molar-refractivity contribution is 1.36. The smallest absolute Gasteiger partial charge is 0.0346 e. The molecule has 0 saturated carbocycles. The van der Waals surface area contributed by atoms with Crippen molar-refractivity contribution < 1.29 is 0 Å². The highest BCUT2D eigenvalue weighted by Gasteiger charge is 1.92. The maximum atomic E-state index is 4.03. The minimum atomic E-state index is 1.06. The van der Waals surface area contributed by atoms with Crippen LogP contribution in [0.3, 0.4) is 0 Å². The van der Waals surface area contributed by atoms with E-state index in [1.807, 2.05) is 30.5 Å². The number of rotatable bonds is 0. The number of hydrogen-bond donors (Lipinski definition) is 0. The van der Waals surface area contributed by atoms with Crippen LogP contribution in [0.4, 0.5) is 0 Å². The van der Waals surface area contributed by atoms with Gasteiger partial charge < -0.3 is 0 Å². The topological polar surface area (TPSA) is 12.9 Å². The summed E-state index contributed by atoms with van der Waals surface area (Å²) in [5, 5.41) is 2.34. The zero-order valence-electron chi connectivity index (χ0n) is 6.12. The molecule has 0 amide bonds. The maximum absolute atomic E-state index is 4.03. The van der Waals surface area contributed by atoms with Gasteiger partial charge in [0.15, 0.2) is 0 Å². The molecule has 0 spiro atoms. The van der Waals surface area contributed by atoms with Gasteiger partial charge >= 0.3 is 0 Å². The van der Waals surface area contributed by atoms with E-state index in [0.29, 0.717) is 0 Å². The molecule has 2 rings (SSSR count). The van der Waals surface area contributed by atoms with E-state index >= 15 is 0 Å². The first-order valence-corrected chi connectivity index (χ1v) is 3.52. The molecule has 2 aromatic rings. The summed E-state index contributed by atoms with van der Waals surface area (Å²) in [5.74, 6) is 0. The Morgan fingerprint density at radius 1 is 1.18 bits per heavy atom. The first-order chi connectivity index (χ1) is 5.38. The fourth-order valence-corrected chi connectivity index (χ4v) is 1.19. The number of fused-ring (bicyclic) bond motifs is 1. The Balaban J connectivity index is 2.91. The molecule has 0 saturated heterocycles. The molecule has 0 N–H and O–H groups in total. The van der Waals surface area contributed by atoms with Crippen molar-refractivity contribution in [1.82, 2.24) is 4.98 Å². The molecule has 0 bridgehead atoms. The number of pyridine rings is 1. The minimum absolute atomic E-state index is 1.06. The predicted octanol–water partition coefficient (Wildman–Crippen LogP) is 2.42. The summed E-state index contributed by atoms with van der Waals surface area (Å²) in [7, 11) is 0. The summed E-state index contributed by atoms with van der Waals surface area (Å²) in [5.41, 5.74) is 1.06. The molecule has 1 heteroatoms. The lowest BCUT2D eigenvalue weighted by atomic mass is 10.1. The lowest BCUT2D eigenvalue weighted by Gasteiger charge is -1.98. The molecule has 0 aliphatic carbocycles. The fraction of sp³-hybridized carbons (Fsp3) is 0. The van der Waals surface area contributed by atoms with Crippen LogP contribution in [0.2, 0.25) is 0 Å². The molecule has 1 aromatic heterocycles. The number of aromatic nitrogens is 1. The third kappa shape index (κ3) is 0.984. The van der Waals surface area contributed by atoms with Gasteiger partial charge in [-0.25, -0.2) is 0 Å². The Bertz CT molecular complexity index is 374. The van der Waals surface area contributed by atoms with E-state index in [1.165, 1.54) is 5.39 Å². The van der Waals surface area contributed by atoms with E-state index in [0.717, 1.165) is 10.9 Å². The van der Waals surface area contributed by atoms with Crippen LogP contribution in [-0.4, -0.2) is 4.98 Å². The second kappa shape index (κ2) is 2.35. The zero-order chi connectivity index (χ0) is 7.68. The molecule has 1 radical (unpaired) electrons. The van der Waals surface area contributed by atoms with Crippen LogP contribution >= 0.6 is 0 Å². The average Bonchev–Trinajstić information content (AvgIpc) is 2.06. The molecule has 1 nitrogen and oxygen atoms in total. The van der Waals surface area contributed by atoms with E-state index in [-0.39, 0.29) is 0 Å². The molecule has 11 heavy (non-hydrogen) atoms. The maximum Gasteiger partial charge on any atom is 0.0346 e. The summed E-state index contributed by atoms with van der Waals surface area (Å²) in [6, 6.07) is 8.02. The molecular formula is C10H8N. The molecule has 0 aliphatic heterocycles. The van der Waals surface area contributed by atoms with Crippen LogP contribution in [0.25, 0.3) is 10.8 Å². The van der Waals surface area contributed by atoms with Gasteiger partial charge in [-0.15, -0.1) is 0 Å². The van der Waals surface area contributed by atoms with Gasteiger partial charge in [-0.2, -0.15) is 0 Å². The molecular weight excluding hydrogens is 134 g/mol. The Morgan fingerprint density at radius 2 is 2.09 bits per heavy atom. The Kier molecular flexibility index (Phi) is 1.35. The van der Waals surface area contributed by atoms with Crippen molar-refractivity contribution in [2.45, 2.75) is 0 Å². The third-order valence-electron chi connectivity index (χ3n) is 1.77. The quantitative estimate of drug-likeness (QED) is 0.550. The monoisotopic (exact) mass is 142 g/mol. The summed E-state index contributed by atoms with van der Waals surface area (Å²) in [4.78, 5) is 4.03. The summed E-state index contributed by atoms with van der Waals surface area (Å²) >= 11 is 0. The molecule has 0 unspecified atom stereocenters. The minimum Gasteiger partial charge on any atom is -0.264 e. The molecule has 1 heterocycles. The number of benzene rings is 1. The van der Waals surface area contributed by atoms with Gasteiger partial charge in [-0.05, 0) is 23.9 Å². The lowest BCUT2D eigenvalue weighted by Crippen LogP contribution is -1.77. The van der Waals surface area contributed by atoms with Crippen molar-refractivity contribution in [3.8, 4) is 0 Å². The third-order valence-corrected chi connectivity index (χ3v) is 1.77. The van der Waals surface area contributed by atoms with E-state index in [4.69, 9.17) is 0 Å². The van der Waals surface area contributed by atoms with E-state index in [9.17, 15) is 0 Å². The normalized spacial score (nSPS) is 10.3. The van der Waals surface area contributed by atoms with Crippen LogP contribution in [0, 0.1) is 6.92 Å². The molecule has 1 aromatic carbocycles. The first kappa shape index (κ1) is 6.35. The highest BCUT2D eigenvalue weighted by Crippen LogP contribution is 2.15. The van der Waals surface area contributed by atoms with Crippen molar-refractivity contribution in [3.63, 3.8) is 0 Å². The Hall–Kier alpha value is -1.37. The number of nitrogens with zero attached hydrogens (tertiary/aromatic N) is 1. The zero-order valence-corrected chi connectivity index (χ0v) is 6.12. The summed E-state index contributed by atoms with van der Waals surface area (Å²) < 4.78 is 0. The van der Waals surface area contributed by atoms with Gasteiger partial charge in [0.2, 0.25) is 0 Å². The fourth-order valence-electron chi connectivity index (χ4n) is 1.19. The summed E-state index contributed by atoms with van der Waals surface area (Å²) in [6.07, 6.45) is 3.64. The second-order valence-electron chi connectivity index (χ2n) is 2.51. The van der Waals surface area contributed by atoms with Gasteiger partial charge in [0.25, 0.3) is 0 Å². The predicted molar refractivity (Wildman–Crippen MR) is 46.2 cm³/mol. The molecule has 53 valence electrons. The van der Waals surface area contributed by atoms with E-state index in [1.54, 1.807) is 6.20 Å². The van der Waals surface area contributed by atoms with Gasteiger partial charge in [-0.3, -0.25) is 4.98 Å². The second-order valence-corrected chi connectivity index (χ2v) is 2.51. The standard InChI is InChI=1S/C10H8N/c1-8-3-2-4-9-7-11-6-5-10(8)9/h2-7H,1H2. The molecule has 0 fully saturated rings. The van der Waals surface area contributed by atoms with Crippen molar-refractivity contribution in [1.29, 1.82) is 0 Å². The molecule has 0 aliphatic rings. The van der Waals surface area contributed by atoms with Crippen molar-refractivity contribution in [2.24, 2.45) is 0 Å². The van der Waals surface area contributed by atoms with E-state index in [2.05, 4.69) is 11.9 Å². The SMILES string of the molecule is [CH2]c1cccc2cnccc12. The van der Waals surface area contributed by atoms with Gasteiger partial charge in [0.1, 0.15) is 0 Å². The van der Waals surface area contributed by atoms with Crippen molar-refractivity contribution >= 4 is 10.8 Å². The van der Waals surface area contributed by atoms with E-state index < -0.39 is 0 Å². The van der Waals surface area contributed by atoms with Crippen LogP contribution < -0.4 is 0 Å². The highest BCUT2D eigenvalue weighted by atomic mass is 14.6. The van der Waals surface area contributed by atoms with Crippen molar-refractivity contribution in [2.75, 3.05) is 0 Å². The average molecular weight is 142 g/mol. The van der Waals surface area contributed by atoms with Crippen LogP contribution in [-0.2, 0) is 0 Å². The van der Waals surface area contributed by atoms with Crippen LogP contribution in [0.15, 0.2) is 36.7 Å². The van der Waals surface area contributed by atoms with Gasteiger partial charge in [0, 0.05) is 17.8 Å². The highest BCUT2D eigenvalue weighted by molar-refractivity contribution is 5.85. The number of hydrogen-bond acceptors (Lipinski definition) is 1. The van der Waals surface area contributed by atoms with Gasteiger partial charge in [0.05, 0.1) is 0 Å². The molecule has 0 atom stereocenters.